The molecule has 1 aromatic rings. The second-order valence-corrected chi connectivity index (χ2v) is 4.41. The molecule has 1 aromatic carbocycles. The van der Waals surface area contributed by atoms with E-state index in [1.165, 1.54) is 17.7 Å². The van der Waals surface area contributed by atoms with Gasteiger partial charge in [-0.2, -0.15) is 0 Å². The maximum Gasteiger partial charge on any atom is 0.336 e. The predicted molar refractivity (Wildman–Crippen MR) is 69.5 cm³/mol. The highest BCUT2D eigenvalue weighted by atomic mass is 16.6. The molecule has 2 rings (SSSR count). The van der Waals surface area contributed by atoms with E-state index in [1.807, 2.05) is 13.8 Å². The summed E-state index contributed by atoms with van der Waals surface area (Å²) in [6.45, 7) is 7.95. The van der Waals surface area contributed by atoms with Crippen molar-refractivity contribution in [3.8, 4) is 0 Å². The van der Waals surface area contributed by atoms with Gasteiger partial charge in [0.2, 0.25) is 0 Å². The molecule has 0 saturated carbocycles. The number of ether oxygens (including phenoxy) is 1. The molecule has 1 aliphatic rings. The molecule has 1 saturated heterocycles. The molecule has 0 spiro atoms. The molecule has 0 bridgehead atoms. The Morgan fingerprint density at radius 3 is 2.16 bits per heavy atom. The minimum Gasteiger partial charge on any atom is -0.478 e. The molecule has 1 atom stereocenters. The summed E-state index contributed by atoms with van der Waals surface area (Å²) in [5.41, 5.74) is 1.23. The van der Waals surface area contributed by atoms with Crippen molar-refractivity contribution in [1.29, 1.82) is 0 Å². The van der Waals surface area contributed by atoms with Crippen molar-refractivity contribution in [2.45, 2.75) is 20.0 Å². The number of benzene rings is 1. The van der Waals surface area contributed by atoms with E-state index < -0.39 is 11.9 Å². The summed E-state index contributed by atoms with van der Waals surface area (Å²) >= 11 is 0. The Bertz CT molecular complexity index is 511. The van der Waals surface area contributed by atoms with Gasteiger partial charge in [0.25, 0.3) is 0 Å². The van der Waals surface area contributed by atoms with Gasteiger partial charge in [-0.15, -0.1) is 6.58 Å². The zero-order valence-electron chi connectivity index (χ0n) is 10.8. The van der Waals surface area contributed by atoms with Crippen LogP contribution >= 0.6 is 0 Å². The van der Waals surface area contributed by atoms with Crippen LogP contribution in [0, 0.1) is 0 Å². The second kappa shape index (κ2) is 6.15. The summed E-state index contributed by atoms with van der Waals surface area (Å²) in [6, 6.07) is 4.37. The molecule has 2 N–H and O–H groups in total. The number of carboxylic acids is 2. The molecule has 1 unspecified atom stereocenters. The number of hydrogen-bond acceptors (Lipinski definition) is 3. The second-order valence-electron chi connectivity index (χ2n) is 4.41. The van der Waals surface area contributed by atoms with E-state index in [0.29, 0.717) is 12.2 Å². The fourth-order valence-corrected chi connectivity index (χ4v) is 1.48. The number of hydrogen-bond donors (Lipinski definition) is 2. The quantitative estimate of drug-likeness (QED) is 0.647. The lowest BCUT2D eigenvalue weighted by atomic mass is 9.99. The third-order valence-corrected chi connectivity index (χ3v) is 2.22. The average molecular weight is 264 g/mol. The van der Waals surface area contributed by atoms with E-state index >= 15 is 0 Å². The highest BCUT2D eigenvalue weighted by Gasteiger charge is 2.31. The smallest absolute Gasteiger partial charge is 0.336 e. The van der Waals surface area contributed by atoms with E-state index in [4.69, 9.17) is 14.9 Å². The Balaban J connectivity index is 0.000000399. The van der Waals surface area contributed by atoms with Crippen LogP contribution in [0.4, 0.5) is 0 Å². The van der Waals surface area contributed by atoms with Crippen molar-refractivity contribution in [1.82, 2.24) is 0 Å². The number of aromatic carboxylic acids is 2. The minimum atomic E-state index is -1.24. The van der Waals surface area contributed by atoms with Crippen LogP contribution in [0.1, 0.15) is 46.2 Å². The SMILES string of the molecule is C=C(C)C.O=C(O)c1cccc(C2CO2)c1C(=O)O. The Morgan fingerprint density at radius 1 is 1.26 bits per heavy atom. The van der Waals surface area contributed by atoms with Crippen LogP contribution in [0.5, 0.6) is 0 Å². The normalized spacial score (nSPS) is 16.0. The first-order chi connectivity index (χ1) is 8.84. The molecule has 5 heteroatoms. The summed E-state index contributed by atoms with van der Waals surface area (Å²) in [4.78, 5) is 21.8. The van der Waals surface area contributed by atoms with Crippen molar-refractivity contribution in [3.63, 3.8) is 0 Å². The molecule has 5 nitrogen and oxygen atoms in total. The van der Waals surface area contributed by atoms with Crippen molar-refractivity contribution >= 4 is 11.9 Å². The van der Waals surface area contributed by atoms with Crippen LogP contribution in [0.15, 0.2) is 30.4 Å². The molecule has 1 heterocycles. The van der Waals surface area contributed by atoms with Gasteiger partial charge in [0.05, 0.1) is 17.7 Å². The molecule has 1 fully saturated rings. The zero-order valence-corrected chi connectivity index (χ0v) is 10.8. The van der Waals surface area contributed by atoms with Crippen LogP contribution in [0.25, 0.3) is 0 Å². The van der Waals surface area contributed by atoms with Crippen LogP contribution in [-0.4, -0.2) is 28.8 Å². The highest BCUT2D eigenvalue weighted by molar-refractivity contribution is 6.02. The topological polar surface area (TPSA) is 87.1 Å². The van der Waals surface area contributed by atoms with Gasteiger partial charge in [0.15, 0.2) is 0 Å². The van der Waals surface area contributed by atoms with E-state index in [9.17, 15) is 9.59 Å². The van der Waals surface area contributed by atoms with Gasteiger partial charge in [-0.25, -0.2) is 9.59 Å². The van der Waals surface area contributed by atoms with Gasteiger partial charge < -0.3 is 14.9 Å². The first kappa shape index (κ1) is 14.9. The number of allylic oxidation sites excluding steroid dienone is 1. The highest BCUT2D eigenvalue weighted by Crippen LogP contribution is 2.33. The first-order valence-electron chi connectivity index (χ1n) is 5.67. The van der Waals surface area contributed by atoms with Crippen LogP contribution in [0.2, 0.25) is 0 Å². The maximum absolute atomic E-state index is 11.0. The van der Waals surface area contributed by atoms with Gasteiger partial charge in [-0.3, -0.25) is 0 Å². The fourth-order valence-electron chi connectivity index (χ4n) is 1.48. The van der Waals surface area contributed by atoms with Crippen LogP contribution in [0.3, 0.4) is 0 Å². The zero-order chi connectivity index (χ0) is 14.6. The van der Waals surface area contributed by atoms with E-state index in [0.717, 1.165) is 0 Å². The van der Waals surface area contributed by atoms with Crippen LogP contribution in [-0.2, 0) is 4.74 Å². The van der Waals surface area contributed by atoms with Gasteiger partial charge >= 0.3 is 11.9 Å². The molecule has 0 amide bonds. The minimum absolute atomic E-state index is 0.174. The lowest BCUT2D eigenvalue weighted by Crippen LogP contribution is -2.11. The van der Waals surface area contributed by atoms with Crippen LogP contribution < -0.4 is 0 Å². The Labute approximate surface area is 111 Å². The molecule has 19 heavy (non-hydrogen) atoms. The standard InChI is InChI=1S/C10H8O5.C4H8/c11-9(12)6-3-1-2-5(7-4-15-7)8(6)10(13)14;1-4(2)3/h1-3,7H,4H2,(H,11,12)(H,13,14);1H2,2-3H3. The van der Waals surface area contributed by atoms with Gasteiger partial charge in [0.1, 0.15) is 6.10 Å². The van der Waals surface area contributed by atoms with E-state index in [2.05, 4.69) is 6.58 Å². The molecular formula is C14H16O5. The molecule has 0 radical (unpaired) electrons. The van der Waals surface area contributed by atoms with Crippen molar-refractivity contribution in [2.24, 2.45) is 0 Å². The Hall–Kier alpha value is -2.14. The van der Waals surface area contributed by atoms with Gasteiger partial charge in [-0.1, -0.05) is 17.7 Å². The average Bonchev–Trinajstić information content (AvgIpc) is 3.10. The molecule has 1 aliphatic heterocycles. The number of rotatable bonds is 3. The van der Waals surface area contributed by atoms with E-state index in [-0.39, 0.29) is 17.2 Å². The summed E-state index contributed by atoms with van der Waals surface area (Å²) in [5, 5.41) is 17.8. The summed E-state index contributed by atoms with van der Waals surface area (Å²) in [5.74, 6) is -2.48. The number of carbonyl (C=O) groups is 2. The lowest BCUT2D eigenvalue weighted by Gasteiger charge is -2.05. The summed E-state index contributed by atoms with van der Waals surface area (Å²) < 4.78 is 4.96. The van der Waals surface area contributed by atoms with Gasteiger partial charge in [-0.05, 0) is 25.5 Å². The molecule has 0 aromatic heterocycles. The lowest BCUT2D eigenvalue weighted by molar-refractivity contribution is 0.0650. The Morgan fingerprint density at radius 2 is 1.79 bits per heavy atom. The molecule has 102 valence electrons. The van der Waals surface area contributed by atoms with Crippen molar-refractivity contribution in [3.05, 3.63) is 47.0 Å². The van der Waals surface area contributed by atoms with Gasteiger partial charge in [0, 0.05) is 0 Å². The number of carboxylic acid groups (broad SMARTS) is 2. The summed E-state index contributed by atoms with van der Waals surface area (Å²) in [6.07, 6.45) is -0.268. The van der Waals surface area contributed by atoms with Crippen molar-refractivity contribution in [2.75, 3.05) is 6.61 Å². The first-order valence-corrected chi connectivity index (χ1v) is 5.67. The molecular weight excluding hydrogens is 248 g/mol. The summed E-state index contributed by atoms with van der Waals surface area (Å²) in [7, 11) is 0. The molecule has 0 aliphatic carbocycles. The van der Waals surface area contributed by atoms with Crippen molar-refractivity contribution < 1.29 is 24.5 Å². The largest absolute Gasteiger partial charge is 0.478 e. The third kappa shape index (κ3) is 4.22. The Kier molecular flexibility index (Phi) is 4.83. The fraction of sp³-hybridized carbons (Fsp3) is 0.286. The maximum atomic E-state index is 11.0. The predicted octanol–water partition coefficient (Wildman–Crippen LogP) is 2.74. The monoisotopic (exact) mass is 264 g/mol. The number of epoxide rings is 1. The van der Waals surface area contributed by atoms with E-state index in [1.54, 1.807) is 6.07 Å². The third-order valence-electron chi connectivity index (χ3n) is 2.22.